The molecule has 0 unspecified atom stereocenters. The molecule has 0 spiro atoms. The fraction of sp³-hybridized carbons (Fsp3) is 0.647. The van der Waals surface area contributed by atoms with Crippen molar-refractivity contribution in [2.75, 3.05) is 19.0 Å². The molecule has 1 amide bonds. The average Bonchev–Trinajstić information content (AvgIpc) is 2.63. The third-order valence-electron chi connectivity index (χ3n) is 5.01. The van der Waals surface area contributed by atoms with Crippen LogP contribution in [0.3, 0.4) is 0 Å². The van der Waals surface area contributed by atoms with Crippen LogP contribution in [0.1, 0.15) is 13.8 Å². The maximum atomic E-state index is 12.4. The van der Waals surface area contributed by atoms with Gasteiger partial charge in [-0.15, -0.1) is 11.8 Å². The van der Waals surface area contributed by atoms with E-state index in [4.69, 9.17) is 9.47 Å². The second-order valence-electron chi connectivity index (χ2n) is 7.21. The fourth-order valence-electron chi connectivity index (χ4n) is 3.26. The molecule has 0 saturated carbocycles. The van der Waals surface area contributed by atoms with E-state index in [9.17, 15) is 30.0 Å². The van der Waals surface area contributed by atoms with Crippen LogP contribution in [0.25, 0.3) is 0 Å². The third kappa shape index (κ3) is 3.70. The summed E-state index contributed by atoms with van der Waals surface area (Å²) in [7, 11) is 0. The molecule has 3 aliphatic rings. The Morgan fingerprint density at radius 3 is 2.63 bits per heavy atom. The summed E-state index contributed by atoms with van der Waals surface area (Å²) in [6.45, 7) is 3.15. The zero-order valence-corrected chi connectivity index (χ0v) is 15.7. The summed E-state index contributed by atoms with van der Waals surface area (Å²) in [5.74, 6) is -0.342. The van der Waals surface area contributed by atoms with Gasteiger partial charge in [-0.05, 0) is 11.6 Å². The number of ether oxygens (including phenoxy) is 2. The number of allylic oxidation sites excluding steroid dienone is 2. The lowest BCUT2D eigenvalue weighted by atomic mass is 9.78. The number of aliphatic hydroxyl groups is 4. The lowest BCUT2D eigenvalue weighted by Crippen LogP contribution is -2.59. The van der Waals surface area contributed by atoms with Gasteiger partial charge in [0.05, 0.1) is 24.7 Å². The Hall–Kier alpha value is -1.27. The maximum Gasteiger partial charge on any atom is 0.234 e. The van der Waals surface area contributed by atoms with Gasteiger partial charge in [0, 0.05) is 10.3 Å². The number of hydrogen-bond donors (Lipinski definition) is 5. The molecule has 1 aliphatic carbocycles. The molecule has 9 nitrogen and oxygen atoms in total. The van der Waals surface area contributed by atoms with Gasteiger partial charge < -0.3 is 35.2 Å². The van der Waals surface area contributed by atoms with Gasteiger partial charge in [0.2, 0.25) is 11.7 Å². The second-order valence-corrected chi connectivity index (χ2v) is 8.19. The van der Waals surface area contributed by atoms with Crippen LogP contribution >= 0.6 is 11.8 Å². The number of hydrogen-bond acceptors (Lipinski definition) is 9. The highest BCUT2D eigenvalue weighted by Gasteiger charge is 2.45. The predicted octanol–water partition coefficient (Wildman–Crippen LogP) is -1.59. The van der Waals surface area contributed by atoms with Gasteiger partial charge in [0.1, 0.15) is 24.4 Å². The minimum absolute atomic E-state index is 0.0767. The summed E-state index contributed by atoms with van der Waals surface area (Å²) in [5.41, 5.74) is 0.306. The molecular formula is C17H23NO8S. The van der Waals surface area contributed by atoms with E-state index in [1.807, 2.05) is 13.8 Å². The van der Waals surface area contributed by atoms with Crippen LogP contribution in [0.5, 0.6) is 0 Å². The minimum Gasteiger partial charge on any atom is -0.394 e. The van der Waals surface area contributed by atoms with E-state index < -0.39 is 42.7 Å². The van der Waals surface area contributed by atoms with Crippen molar-refractivity contribution in [2.45, 2.75) is 44.6 Å². The first-order valence-corrected chi connectivity index (χ1v) is 9.50. The van der Waals surface area contributed by atoms with Crippen LogP contribution in [0.2, 0.25) is 0 Å². The first-order valence-electron chi connectivity index (χ1n) is 8.51. The van der Waals surface area contributed by atoms with Crippen LogP contribution in [0.4, 0.5) is 0 Å². The van der Waals surface area contributed by atoms with Crippen molar-refractivity contribution in [1.29, 1.82) is 0 Å². The van der Waals surface area contributed by atoms with Crippen LogP contribution in [0.15, 0.2) is 22.3 Å². The molecule has 0 radical (unpaired) electrons. The van der Waals surface area contributed by atoms with Crippen molar-refractivity contribution in [2.24, 2.45) is 5.41 Å². The van der Waals surface area contributed by atoms with Crippen molar-refractivity contribution in [3.8, 4) is 0 Å². The molecule has 0 aromatic heterocycles. The Labute approximate surface area is 160 Å². The van der Waals surface area contributed by atoms with Gasteiger partial charge in [0.15, 0.2) is 6.29 Å². The van der Waals surface area contributed by atoms with Gasteiger partial charge >= 0.3 is 0 Å². The standard InChI is InChI=1S/C17H23NO8S/c1-17(2)7(3-8(20)11-15(17)27-6-10(21)18-11)5-25-16-14(24)13(23)12(22)9(4-19)26-16/h3,9,12-14,16,19,22-24H,4-6H2,1-2H3,(H,18,21)/t9-,12-,13+,14-,16-/m1/s1. The smallest absolute Gasteiger partial charge is 0.234 e. The first-order chi connectivity index (χ1) is 12.7. The Bertz CT molecular complexity index is 701. The van der Waals surface area contributed by atoms with Crippen LogP contribution in [0, 0.1) is 5.41 Å². The molecule has 5 N–H and O–H groups in total. The van der Waals surface area contributed by atoms with Crippen LogP contribution < -0.4 is 5.32 Å². The summed E-state index contributed by atoms with van der Waals surface area (Å²) < 4.78 is 10.9. The molecule has 3 rings (SSSR count). The number of thioether (sulfide) groups is 1. The molecule has 2 heterocycles. The predicted molar refractivity (Wildman–Crippen MR) is 94.2 cm³/mol. The van der Waals surface area contributed by atoms with E-state index in [0.717, 1.165) is 4.91 Å². The number of rotatable bonds is 4. The summed E-state index contributed by atoms with van der Waals surface area (Å²) in [6, 6.07) is 0. The van der Waals surface area contributed by atoms with Gasteiger partial charge in [-0.2, -0.15) is 0 Å². The normalized spacial score (nSPS) is 36.2. The van der Waals surface area contributed by atoms with E-state index in [2.05, 4.69) is 5.32 Å². The van der Waals surface area contributed by atoms with Crippen molar-refractivity contribution >= 4 is 23.5 Å². The highest BCUT2D eigenvalue weighted by Crippen LogP contribution is 2.47. The largest absolute Gasteiger partial charge is 0.394 e. The Balaban J connectivity index is 1.74. The van der Waals surface area contributed by atoms with Gasteiger partial charge in [0.25, 0.3) is 0 Å². The average molecular weight is 401 g/mol. The van der Waals surface area contributed by atoms with E-state index in [-0.39, 0.29) is 29.7 Å². The molecule has 0 aromatic rings. The first kappa shape index (κ1) is 20.5. The monoisotopic (exact) mass is 401 g/mol. The van der Waals surface area contributed by atoms with Crippen molar-refractivity contribution < 1.29 is 39.5 Å². The molecule has 5 atom stereocenters. The Morgan fingerprint density at radius 1 is 1.26 bits per heavy atom. The lowest BCUT2D eigenvalue weighted by molar-refractivity contribution is -0.299. The van der Waals surface area contributed by atoms with Crippen molar-refractivity contribution in [3.05, 3.63) is 22.3 Å². The lowest BCUT2D eigenvalue weighted by Gasteiger charge is -2.41. The summed E-state index contributed by atoms with van der Waals surface area (Å²) in [5, 5.41) is 41.6. The fourth-order valence-corrected chi connectivity index (χ4v) is 4.40. The molecule has 1 fully saturated rings. The molecule has 10 heteroatoms. The zero-order valence-electron chi connectivity index (χ0n) is 14.9. The zero-order chi connectivity index (χ0) is 19.9. The minimum atomic E-state index is -1.53. The van der Waals surface area contributed by atoms with E-state index >= 15 is 0 Å². The number of nitrogens with one attached hydrogen (secondary N) is 1. The van der Waals surface area contributed by atoms with Crippen LogP contribution in [-0.4, -0.2) is 81.8 Å². The van der Waals surface area contributed by atoms with Gasteiger partial charge in [-0.1, -0.05) is 13.8 Å². The quantitative estimate of drug-likeness (QED) is 0.376. The molecule has 0 bridgehead atoms. The Kier molecular flexibility index (Phi) is 5.78. The molecule has 0 aromatic carbocycles. The number of aliphatic hydroxyl groups excluding tert-OH is 4. The topological polar surface area (TPSA) is 146 Å². The number of carbonyl (C=O) groups excluding carboxylic acids is 2. The van der Waals surface area contributed by atoms with Crippen molar-refractivity contribution in [3.63, 3.8) is 0 Å². The summed E-state index contributed by atoms with van der Waals surface area (Å²) in [4.78, 5) is 24.7. The summed E-state index contributed by atoms with van der Waals surface area (Å²) in [6.07, 6.45) is -5.47. The van der Waals surface area contributed by atoms with E-state index in [0.29, 0.717) is 5.57 Å². The number of ketones is 1. The van der Waals surface area contributed by atoms with Gasteiger partial charge in [-0.25, -0.2) is 0 Å². The van der Waals surface area contributed by atoms with E-state index in [1.54, 1.807) is 0 Å². The molecule has 150 valence electrons. The van der Waals surface area contributed by atoms with Crippen molar-refractivity contribution in [1.82, 2.24) is 5.32 Å². The summed E-state index contributed by atoms with van der Waals surface area (Å²) >= 11 is 1.30. The maximum absolute atomic E-state index is 12.4. The second kappa shape index (κ2) is 7.63. The molecule has 27 heavy (non-hydrogen) atoms. The highest BCUT2D eigenvalue weighted by molar-refractivity contribution is 8.03. The van der Waals surface area contributed by atoms with Crippen LogP contribution in [-0.2, 0) is 19.1 Å². The SMILES string of the molecule is CC1(C)C(CO[C@@H]2O[C@H](CO)[C@@H](O)[C@H](O)[C@H]2O)=CC(=O)C2=C1SCC(=O)N2. The Morgan fingerprint density at radius 2 is 1.96 bits per heavy atom. The molecular weight excluding hydrogens is 378 g/mol. The number of carbonyl (C=O) groups is 2. The third-order valence-corrected chi connectivity index (χ3v) is 6.42. The van der Waals surface area contributed by atoms with E-state index in [1.165, 1.54) is 17.8 Å². The van der Waals surface area contributed by atoms with Gasteiger partial charge in [-0.3, -0.25) is 9.59 Å². The molecule has 2 aliphatic heterocycles. The highest BCUT2D eigenvalue weighted by atomic mass is 32.2. The number of amides is 1. The molecule has 1 saturated heterocycles.